The zero-order chi connectivity index (χ0) is 18.0. The molecule has 3 rings (SSSR count). The smallest absolute Gasteiger partial charge is 0.433 e. The number of H-pyrrole nitrogens is 1. The third-order valence-electron chi connectivity index (χ3n) is 3.78. The van der Waals surface area contributed by atoms with Crippen molar-refractivity contribution in [3.05, 3.63) is 30.2 Å². The number of halogens is 3. The Morgan fingerprint density at radius 2 is 2.20 bits per heavy atom. The van der Waals surface area contributed by atoms with Crippen molar-refractivity contribution in [2.24, 2.45) is 0 Å². The fourth-order valence-electron chi connectivity index (χ4n) is 2.64. The Hall–Kier alpha value is -2.62. The molecule has 0 radical (unpaired) electrons. The first-order valence-corrected chi connectivity index (χ1v) is 7.59. The van der Waals surface area contributed by atoms with E-state index in [9.17, 15) is 18.0 Å². The van der Waals surface area contributed by atoms with Crippen molar-refractivity contribution < 1.29 is 22.7 Å². The lowest BCUT2D eigenvalue weighted by Gasteiger charge is -2.37. The van der Waals surface area contributed by atoms with Gasteiger partial charge in [0.15, 0.2) is 12.1 Å². The van der Waals surface area contributed by atoms with Crippen LogP contribution in [0.2, 0.25) is 0 Å². The molecule has 7 nitrogen and oxygen atoms in total. The number of nitrogens with one attached hydrogen (secondary N) is 2. The molecule has 0 bridgehead atoms. The van der Waals surface area contributed by atoms with Crippen LogP contribution in [0.5, 0.6) is 0 Å². The number of aromatic nitrogens is 3. The van der Waals surface area contributed by atoms with Crippen LogP contribution in [-0.4, -0.2) is 53.0 Å². The van der Waals surface area contributed by atoms with Gasteiger partial charge in [-0.3, -0.25) is 0 Å². The molecule has 25 heavy (non-hydrogen) atoms. The Labute approximate surface area is 141 Å². The van der Waals surface area contributed by atoms with Gasteiger partial charge >= 0.3 is 12.1 Å². The molecule has 2 aromatic heterocycles. The predicted octanol–water partition coefficient (Wildman–Crippen LogP) is 1.62. The molecular weight excluding hydrogens is 339 g/mol. The summed E-state index contributed by atoms with van der Waals surface area (Å²) in [4.78, 5) is 24.3. The zero-order valence-electron chi connectivity index (χ0n) is 13.3. The minimum atomic E-state index is -5.03. The largest absolute Gasteiger partial charge is 0.491 e. The monoisotopic (exact) mass is 355 g/mol. The predicted molar refractivity (Wildman–Crippen MR) is 82.7 cm³/mol. The maximum absolute atomic E-state index is 12.5. The van der Waals surface area contributed by atoms with Crippen molar-refractivity contribution in [1.29, 1.82) is 0 Å². The number of esters is 1. The molecule has 1 fully saturated rings. The number of imidazole rings is 1. The first kappa shape index (κ1) is 17.2. The first-order valence-electron chi connectivity index (χ1n) is 7.59. The highest BCUT2D eigenvalue weighted by Gasteiger charge is 2.43. The van der Waals surface area contributed by atoms with Crippen LogP contribution < -0.4 is 10.2 Å². The van der Waals surface area contributed by atoms with Crippen molar-refractivity contribution in [3.63, 3.8) is 0 Å². The second-order valence-corrected chi connectivity index (χ2v) is 5.49. The highest BCUT2D eigenvalue weighted by atomic mass is 19.4. The maximum atomic E-state index is 12.5. The molecule has 1 aliphatic heterocycles. The van der Waals surface area contributed by atoms with E-state index in [-0.39, 0.29) is 6.54 Å². The molecule has 0 aromatic carbocycles. The van der Waals surface area contributed by atoms with E-state index < -0.39 is 18.4 Å². The zero-order valence-corrected chi connectivity index (χ0v) is 13.3. The summed E-state index contributed by atoms with van der Waals surface area (Å²) in [7, 11) is 0. The number of alkyl halides is 3. The van der Waals surface area contributed by atoms with E-state index in [1.807, 2.05) is 0 Å². The van der Waals surface area contributed by atoms with Crippen LogP contribution in [0.4, 0.5) is 18.9 Å². The number of carbonyl (C=O) groups excluding carboxylic acids is 1. The van der Waals surface area contributed by atoms with E-state index in [1.165, 1.54) is 0 Å². The molecule has 2 N–H and O–H groups in total. The highest BCUT2D eigenvalue weighted by molar-refractivity contribution is 5.76. The van der Waals surface area contributed by atoms with Crippen molar-refractivity contribution in [2.45, 2.75) is 19.3 Å². The van der Waals surface area contributed by atoms with Crippen LogP contribution in [0.15, 0.2) is 24.5 Å². The Morgan fingerprint density at radius 3 is 2.84 bits per heavy atom. The van der Waals surface area contributed by atoms with Crippen LogP contribution in [0.3, 0.4) is 0 Å². The van der Waals surface area contributed by atoms with Crippen molar-refractivity contribution in [1.82, 2.24) is 20.3 Å². The summed E-state index contributed by atoms with van der Waals surface area (Å²) in [5.41, 5.74) is 1.82. The number of nitrogens with zero attached hydrogens (tertiary/aromatic N) is 3. The number of hydrogen-bond acceptors (Lipinski definition) is 6. The van der Waals surface area contributed by atoms with Gasteiger partial charge < -0.3 is 19.9 Å². The van der Waals surface area contributed by atoms with Gasteiger partial charge in [0.05, 0.1) is 17.9 Å². The van der Waals surface area contributed by atoms with Gasteiger partial charge in [-0.15, -0.1) is 0 Å². The number of carbonyl (C=O) groups is 1. The van der Waals surface area contributed by atoms with Gasteiger partial charge in [-0.1, -0.05) is 0 Å². The van der Waals surface area contributed by atoms with E-state index in [1.54, 1.807) is 36.4 Å². The van der Waals surface area contributed by atoms with Crippen LogP contribution in [0.25, 0.3) is 11.5 Å². The quantitative estimate of drug-likeness (QED) is 0.814. The van der Waals surface area contributed by atoms with E-state index >= 15 is 0 Å². The fraction of sp³-hybridized carbons (Fsp3) is 0.400. The van der Waals surface area contributed by atoms with E-state index in [4.69, 9.17) is 0 Å². The van der Waals surface area contributed by atoms with Crippen LogP contribution >= 0.6 is 0 Å². The number of hydrogen-bond donors (Lipinski definition) is 2. The van der Waals surface area contributed by atoms with Crippen molar-refractivity contribution in [2.75, 3.05) is 24.5 Å². The van der Waals surface area contributed by atoms with Gasteiger partial charge in [0.1, 0.15) is 5.69 Å². The van der Waals surface area contributed by atoms with E-state index in [0.717, 1.165) is 0 Å². The Balaban J connectivity index is 1.84. The number of anilines is 1. The summed E-state index contributed by atoms with van der Waals surface area (Å²) in [6.07, 6.45) is -2.82. The second-order valence-electron chi connectivity index (χ2n) is 5.49. The normalized spacial score (nSPS) is 18.2. The van der Waals surface area contributed by atoms with Crippen LogP contribution in [-0.2, 0) is 9.53 Å². The summed E-state index contributed by atoms with van der Waals surface area (Å²) in [6, 6.07) is 3.45. The average molecular weight is 355 g/mol. The van der Waals surface area contributed by atoms with Crippen LogP contribution in [0, 0.1) is 6.92 Å². The molecular formula is C15H16F3N5O2. The molecule has 10 heteroatoms. The number of aromatic amines is 1. The van der Waals surface area contributed by atoms with Gasteiger partial charge in [0, 0.05) is 25.5 Å². The van der Waals surface area contributed by atoms with Gasteiger partial charge in [0.25, 0.3) is 0 Å². The average Bonchev–Trinajstić information content (AvgIpc) is 3.09. The van der Waals surface area contributed by atoms with Gasteiger partial charge in [-0.05, 0) is 19.1 Å². The maximum Gasteiger partial charge on any atom is 0.491 e. The van der Waals surface area contributed by atoms with E-state index in [0.29, 0.717) is 36.0 Å². The number of aryl methyl sites for hydroxylation is 1. The lowest BCUT2D eigenvalue weighted by atomic mass is 10.2. The molecule has 1 saturated heterocycles. The first-order chi connectivity index (χ1) is 11.9. The van der Waals surface area contributed by atoms with Crippen molar-refractivity contribution >= 4 is 11.7 Å². The number of ether oxygens (including phenoxy) is 1. The summed E-state index contributed by atoms with van der Waals surface area (Å²) < 4.78 is 42.1. The molecule has 0 amide bonds. The number of piperazine rings is 1. The topological polar surface area (TPSA) is 83.1 Å². The fourth-order valence-corrected chi connectivity index (χ4v) is 2.64. The molecule has 3 heterocycles. The summed E-state index contributed by atoms with van der Waals surface area (Å²) in [5, 5.41) is 2.92. The highest BCUT2D eigenvalue weighted by Crippen LogP contribution is 2.26. The van der Waals surface area contributed by atoms with Gasteiger partial charge in [-0.2, -0.15) is 13.2 Å². The van der Waals surface area contributed by atoms with E-state index in [2.05, 4.69) is 25.0 Å². The standard InChI is InChI=1S/C15H16F3N5O2/c1-9-11(3-2-10(22-9)13-20-4-5-21-13)23-7-6-19-8-12(23)25-14(24)15(16,17)18/h2-5,12,19H,6-8H2,1H3,(H,20,21). The number of rotatable bonds is 3. The Bertz CT molecular complexity index is 748. The Kier molecular flexibility index (Phi) is 4.62. The summed E-state index contributed by atoms with van der Waals surface area (Å²) >= 11 is 0. The molecule has 1 atom stereocenters. The third kappa shape index (κ3) is 3.73. The molecule has 0 aliphatic carbocycles. The van der Waals surface area contributed by atoms with Gasteiger partial charge in [0.2, 0.25) is 0 Å². The molecule has 1 aliphatic rings. The SMILES string of the molecule is Cc1nc(-c2ncc[nH]2)ccc1N1CCNCC1OC(=O)C(F)(F)F. The lowest BCUT2D eigenvalue weighted by Crippen LogP contribution is -2.54. The summed E-state index contributed by atoms with van der Waals surface area (Å²) in [6.45, 7) is 2.78. The Morgan fingerprint density at radius 1 is 1.40 bits per heavy atom. The van der Waals surface area contributed by atoms with Gasteiger partial charge in [-0.25, -0.2) is 14.8 Å². The minimum Gasteiger partial charge on any atom is -0.433 e. The second kappa shape index (κ2) is 6.71. The molecule has 0 spiro atoms. The minimum absolute atomic E-state index is 0.0984. The third-order valence-corrected chi connectivity index (χ3v) is 3.78. The summed E-state index contributed by atoms with van der Waals surface area (Å²) in [5.74, 6) is -1.61. The molecule has 0 saturated carbocycles. The van der Waals surface area contributed by atoms with Crippen LogP contribution in [0.1, 0.15) is 5.69 Å². The molecule has 2 aromatic rings. The lowest BCUT2D eigenvalue weighted by molar-refractivity contribution is -0.205. The number of pyridine rings is 1. The van der Waals surface area contributed by atoms with Crippen molar-refractivity contribution in [3.8, 4) is 11.5 Å². The molecule has 134 valence electrons. The molecule has 1 unspecified atom stereocenters.